The van der Waals surface area contributed by atoms with Crippen molar-refractivity contribution in [1.29, 1.82) is 0 Å². The highest BCUT2D eigenvalue weighted by Crippen LogP contribution is 2.32. The lowest BCUT2D eigenvalue weighted by Gasteiger charge is -2.42. The molecule has 0 spiro atoms. The topological polar surface area (TPSA) is 188 Å². The standard InChI is InChI=1S/C30H46N6O7S/c1-20(2)43-30(40)27(37)25(16-22-13-9-6-10-14-22)36(26(28(31)38)17-23-18-32-19-33-23)29(39)24(34-44(41,42)35(3)4)15-21-11-7-5-8-12-21/h5,7-8,11-12,18-20,22,24-27,34,37H,6,9-10,13-17H2,1-4H3,(H2,31,38)(H,32,33)/t24-,25-,26-,27+/m0/s1. The number of aliphatic hydroxyl groups excluding tert-OH is 1. The molecule has 0 saturated heterocycles. The lowest BCUT2D eigenvalue weighted by molar-refractivity contribution is -0.166. The molecule has 1 aromatic heterocycles. The average molecular weight is 635 g/mol. The van der Waals surface area contributed by atoms with E-state index >= 15 is 0 Å². The summed E-state index contributed by atoms with van der Waals surface area (Å²) in [5, 5.41) is 11.5. The summed E-state index contributed by atoms with van der Waals surface area (Å²) < 4.78 is 34.9. The van der Waals surface area contributed by atoms with Crippen LogP contribution in [-0.2, 0) is 42.2 Å². The van der Waals surface area contributed by atoms with E-state index in [-0.39, 0.29) is 25.2 Å². The van der Waals surface area contributed by atoms with Crippen LogP contribution in [0.1, 0.15) is 63.6 Å². The van der Waals surface area contributed by atoms with Crippen molar-refractivity contribution in [3.05, 3.63) is 54.1 Å². The van der Waals surface area contributed by atoms with E-state index in [1.165, 1.54) is 26.6 Å². The molecule has 0 aliphatic heterocycles. The number of imidazole rings is 1. The number of primary amides is 1. The lowest BCUT2D eigenvalue weighted by Crippen LogP contribution is -2.63. The second-order valence-corrected chi connectivity index (χ2v) is 13.7. The van der Waals surface area contributed by atoms with Crippen LogP contribution in [0.3, 0.4) is 0 Å². The third kappa shape index (κ3) is 9.84. The van der Waals surface area contributed by atoms with Gasteiger partial charge in [0.25, 0.3) is 10.2 Å². The summed E-state index contributed by atoms with van der Waals surface area (Å²) >= 11 is 0. The van der Waals surface area contributed by atoms with E-state index in [1.807, 2.05) is 0 Å². The summed E-state index contributed by atoms with van der Waals surface area (Å²) in [6.45, 7) is 3.28. The number of aromatic amines is 1. The van der Waals surface area contributed by atoms with Crippen molar-refractivity contribution >= 4 is 28.0 Å². The maximum atomic E-state index is 14.7. The first-order valence-electron chi connectivity index (χ1n) is 15.0. The minimum atomic E-state index is -4.15. The van der Waals surface area contributed by atoms with E-state index < -0.39 is 58.3 Å². The zero-order valence-electron chi connectivity index (χ0n) is 25.9. The van der Waals surface area contributed by atoms with Crippen LogP contribution in [0.2, 0.25) is 0 Å². The number of hydrogen-bond acceptors (Lipinski definition) is 8. The lowest BCUT2D eigenvalue weighted by atomic mass is 9.82. The molecule has 1 aromatic carbocycles. The SMILES string of the molecule is CC(C)OC(=O)[C@H](O)[C@H](CC1CCCCC1)N(C(=O)[C@H](Cc1ccccc1)NS(=O)(=O)N(C)C)[C@@H](Cc1cnc[nH]1)C(N)=O. The van der Waals surface area contributed by atoms with Gasteiger partial charge < -0.3 is 25.5 Å². The molecule has 1 fully saturated rings. The molecule has 244 valence electrons. The number of aliphatic hydroxyl groups is 1. The zero-order valence-corrected chi connectivity index (χ0v) is 26.7. The number of benzene rings is 1. The Labute approximate surface area is 259 Å². The van der Waals surface area contributed by atoms with Gasteiger partial charge in [0.2, 0.25) is 11.8 Å². The van der Waals surface area contributed by atoms with Crippen LogP contribution in [0.25, 0.3) is 0 Å². The van der Waals surface area contributed by atoms with Gasteiger partial charge in [0, 0.05) is 32.4 Å². The predicted molar refractivity (Wildman–Crippen MR) is 164 cm³/mol. The fourth-order valence-corrected chi connectivity index (χ4v) is 6.36. The number of nitrogens with two attached hydrogens (primary N) is 1. The van der Waals surface area contributed by atoms with Crippen molar-refractivity contribution < 1.29 is 32.6 Å². The van der Waals surface area contributed by atoms with Crippen molar-refractivity contribution in [3.8, 4) is 0 Å². The Morgan fingerprint density at radius 3 is 2.32 bits per heavy atom. The first-order valence-corrected chi connectivity index (χ1v) is 16.4. The van der Waals surface area contributed by atoms with Crippen LogP contribution in [0.5, 0.6) is 0 Å². The number of nitrogens with zero attached hydrogens (tertiary/aromatic N) is 3. The van der Waals surface area contributed by atoms with Crippen molar-refractivity contribution in [3.63, 3.8) is 0 Å². The largest absolute Gasteiger partial charge is 0.461 e. The predicted octanol–water partition coefficient (Wildman–Crippen LogP) is 1.29. The van der Waals surface area contributed by atoms with E-state index in [4.69, 9.17) is 10.5 Å². The monoisotopic (exact) mass is 634 g/mol. The molecular weight excluding hydrogens is 588 g/mol. The van der Waals surface area contributed by atoms with Gasteiger partial charge in [-0.3, -0.25) is 9.59 Å². The van der Waals surface area contributed by atoms with E-state index in [2.05, 4.69) is 14.7 Å². The van der Waals surface area contributed by atoms with Gasteiger partial charge >= 0.3 is 5.97 Å². The Hall–Kier alpha value is -3.33. The van der Waals surface area contributed by atoms with Gasteiger partial charge in [-0.15, -0.1) is 0 Å². The van der Waals surface area contributed by atoms with Crippen molar-refractivity contribution in [2.45, 2.75) is 95.5 Å². The highest BCUT2D eigenvalue weighted by atomic mass is 32.2. The van der Waals surface area contributed by atoms with E-state index in [9.17, 15) is 27.9 Å². The normalized spacial score (nSPS) is 17.2. The average Bonchev–Trinajstić information content (AvgIpc) is 3.49. The third-order valence-electron chi connectivity index (χ3n) is 7.85. The van der Waals surface area contributed by atoms with Gasteiger partial charge in [-0.2, -0.15) is 17.4 Å². The van der Waals surface area contributed by atoms with Gasteiger partial charge in [-0.25, -0.2) is 9.78 Å². The minimum Gasteiger partial charge on any atom is -0.461 e. The Bertz CT molecular complexity index is 1310. The molecule has 13 nitrogen and oxygen atoms in total. The molecule has 44 heavy (non-hydrogen) atoms. The molecule has 5 N–H and O–H groups in total. The molecule has 1 aliphatic rings. The number of hydrogen-bond donors (Lipinski definition) is 4. The fraction of sp³-hybridized carbons (Fsp3) is 0.600. The summed E-state index contributed by atoms with van der Waals surface area (Å²) in [6.07, 6.45) is 5.11. The van der Waals surface area contributed by atoms with Crippen molar-refractivity contribution in [2.75, 3.05) is 14.1 Å². The number of carbonyl (C=O) groups is 3. The highest BCUT2D eigenvalue weighted by Gasteiger charge is 2.45. The molecule has 4 atom stereocenters. The summed E-state index contributed by atoms with van der Waals surface area (Å²) in [5.41, 5.74) is 7.07. The molecule has 1 saturated carbocycles. The number of carbonyl (C=O) groups excluding carboxylic acids is 3. The first-order chi connectivity index (χ1) is 20.8. The highest BCUT2D eigenvalue weighted by molar-refractivity contribution is 7.87. The van der Waals surface area contributed by atoms with Gasteiger partial charge in [-0.1, -0.05) is 62.4 Å². The number of H-pyrrole nitrogens is 1. The summed E-state index contributed by atoms with van der Waals surface area (Å²) in [4.78, 5) is 49.1. The van der Waals surface area contributed by atoms with Gasteiger partial charge in [0.15, 0.2) is 6.10 Å². The maximum absolute atomic E-state index is 14.7. The molecule has 0 radical (unpaired) electrons. The molecule has 0 bridgehead atoms. The second kappa shape index (κ2) is 16.1. The number of aromatic nitrogens is 2. The van der Waals surface area contributed by atoms with Gasteiger partial charge in [0.1, 0.15) is 12.1 Å². The number of ether oxygens (including phenoxy) is 1. The summed E-state index contributed by atoms with van der Waals surface area (Å²) in [7, 11) is -1.50. The Morgan fingerprint density at radius 2 is 1.77 bits per heavy atom. The third-order valence-corrected chi connectivity index (χ3v) is 9.40. The number of nitrogens with one attached hydrogen (secondary N) is 2. The first kappa shape index (κ1) is 35.2. The Morgan fingerprint density at radius 1 is 1.11 bits per heavy atom. The van der Waals surface area contributed by atoms with Crippen LogP contribution >= 0.6 is 0 Å². The van der Waals surface area contributed by atoms with Crippen molar-refractivity contribution in [2.24, 2.45) is 11.7 Å². The van der Waals surface area contributed by atoms with Crippen LogP contribution in [0.4, 0.5) is 0 Å². The van der Waals surface area contributed by atoms with Gasteiger partial charge in [-0.05, 0) is 38.2 Å². The molecule has 0 unspecified atom stereocenters. The molecular formula is C30H46N6O7S. The molecule has 14 heteroatoms. The maximum Gasteiger partial charge on any atom is 0.337 e. The molecule has 2 aromatic rings. The zero-order chi connectivity index (χ0) is 32.4. The van der Waals surface area contributed by atoms with E-state index in [1.54, 1.807) is 44.2 Å². The minimum absolute atomic E-state index is 0.0391. The summed E-state index contributed by atoms with van der Waals surface area (Å²) in [6, 6.07) is 4.81. The quantitative estimate of drug-likeness (QED) is 0.199. The van der Waals surface area contributed by atoms with Crippen molar-refractivity contribution in [1.82, 2.24) is 23.9 Å². The fourth-order valence-electron chi connectivity index (χ4n) is 5.60. The summed E-state index contributed by atoms with van der Waals surface area (Å²) in [5.74, 6) is -2.60. The number of rotatable bonds is 16. The Balaban J connectivity index is 2.17. The molecule has 2 amide bonds. The second-order valence-electron chi connectivity index (χ2n) is 11.8. The molecule has 3 rings (SSSR count). The number of amides is 2. The smallest absolute Gasteiger partial charge is 0.337 e. The van der Waals surface area contributed by atoms with Crippen LogP contribution in [0.15, 0.2) is 42.9 Å². The number of esters is 1. The van der Waals surface area contributed by atoms with Crippen LogP contribution < -0.4 is 10.5 Å². The van der Waals surface area contributed by atoms with Crippen LogP contribution in [0, 0.1) is 5.92 Å². The van der Waals surface area contributed by atoms with E-state index in [0.717, 1.165) is 41.3 Å². The molecule has 1 aliphatic carbocycles. The Kier molecular flexibility index (Phi) is 12.9. The van der Waals surface area contributed by atoms with Gasteiger partial charge in [0.05, 0.1) is 18.5 Å². The van der Waals surface area contributed by atoms with Crippen LogP contribution in [-0.4, -0.2) is 94.9 Å². The van der Waals surface area contributed by atoms with E-state index in [0.29, 0.717) is 11.3 Å². The molecule has 1 heterocycles.